The smallest absolute Gasteiger partial charge is 0.328 e. The Balaban J connectivity index is 2.14. The van der Waals surface area contributed by atoms with Gasteiger partial charge in [0, 0.05) is 13.0 Å². The first-order valence-electron chi connectivity index (χ1n) is 7.26. The minimum absolute atomic E-state index is 0.196. The number of imide groups is 1. The number of nitrogens with one attached hydrogen (secondary N) is 1. The minimum atomic E-state index is -0.307. The molecule has 0 spiro atoms. The van der Waals surface area contributed by atoms with Gasteiger partial charge < -0.3 is 5.32 Å². The maximum Gasteiger partial charge on any atom is 0.328 e. The number of anilines is 1. The van der Waals surface area contributed by atoms with Gasteiger partial charge in [0.25, 0.3) is 0 Å². The molecule has 0 bridgehead atoms. The molecule has 4 nitrogen and oxygen atoms in total. The fraction of sp³-hybridized carbons (Fsp3) is 0.500. The highest BCUT2D eigenvalue weighted by Gasteiger charge is 2.24. The summed E-state index contributed by atoms with van der Waals surface area (Å²) in [6.07, 6.45) is 5.54. The molecule has 0 aliphatic heterocycles. The topological polar surface area (TPSA) is 49.4 Å². The molecule has 0 radical (unpaired) electrons. The summed E-state index contributed by atoms with van der Waals surface area (Å²) in [4.78, 5) is 25.5. The predicted molar refractivity (Wildman–Crippen MR) is 79.7 cm³/mol. The number of nitrogens with zero attached hydrogens (tertiary/aromatic N) is 1. The van der Waals surface area contributed by atoms with Gasteiger partial charge in [-0.15, -0.1) is 0 Å². The molecule has 2 rings (SSSR count). The number of benzene rings is 1. The summed E-state index contributed by atoms with van der Waals surface area (Å²) < 4.78 is 0. The lowest BCUT2D eigenvalue weighted by atomic mass is 9.96. The molecule has 1 aromatic carbocycles. The summed E-state index contributed by atoms with van der Waals surface area (Å²) in [5.41, 5.74) is 1.58. The Bertz CT molecular complexity index is 493. The van der Waals surface area contributed by atoms with Crippen LogP contribution in [0.4, 0.5) is 10.5 Å². The molecule has 108 valence electrons. The molecule has 1 aliphatic rings. The number of amides is 3. The van der Waals surface area contributed by atoms with E-state index in [0.717, 1.165) is 31.2 Å². The molecular weight excluding hydrogens is 252 g/mol. The van der Waals surface area contributed by atoms with E-state index < -0.39 is 0 Å². The van der Waals surface area contributed by atoms with Crippen LogP contribution in [0.2, 0.25) is 0 Å². The summed E-state index contributed by atoms with van der Waals surface area (Å²) in [5.74, 6) is -0.257. The van der Waals surface area contributed by atoms with Crippen molar-refractivity contribution < 1.29 is 9.59 Å². The molecule has 3 amide bonds. The van der Waals surface area contributed by atoms with Crippen LogP contribution < -0.4 is 10.2 Å². The summed E-state index contributed by atoms with van der Waals surface area (Å²) in [6.45, 7) is 3.33. The fourth-order valence-corrected chi connectivity index (χ4v) is 2.72. The molecule has 0 atom stereocenters. The highest BCUT2D eigenvalue weighted by molar-refractivity contribution is 6.13. The van der Waals surface area contributed by atoms with Gasteiger partial charge in [0.2, 0.25) is 5.91 Å². The zero-order chi connectivity index (χ0) is 14.5. The van der Waals surface area contributed by atoms with Crippen molar-refractivity contribution in [3.63, 3.8) is 0 Å². The van der Waals surface area contributed by atoms with E-state index in [1.165, 1.54) is 18.2 Å². The maximum absolute atomic E-state index is 12.4. The molecule has 1 aromatic rings. The average Bonchev–Trinajstić information content (AvgIpc) is 2.42. The Labute approximate surface area is 120 Å². The van der Waals surface area contributed by atoms with E-state index >= 15 is 0 Å². The van der Waals surface area contributed by atoms with E-state index in [1.807, 2.05) is 25.1 Å². The van der Waals surface area contributed by atoms with Crippen molar-refractivity contribution >= 4 is 17.6 Å². The van der Waals surface area contributed by atoms with Crippen molar-refractivity contribution in [3.8, 4) is 0 Å². The van der Waals surface area contributed by atoms with E-state index in [2.05, 4.69) is 5.32 Å². The van der Waals surface area contributed by atoms with Crippen LogP contribution in [-0.4, -0.2) is 18.0 Å². The first-order valence-corrected chi connectivity index (χ1v) is 7.26. The Morgan fingerprint density at radius 1 is 1.15 bits per heavy atom. The van der Waals surface area contributed by atoms with Crippen LogP contribution in [0.1, 0.15) is 44.6 Å². The Morgan fingerprint density at radius 3 is 2.40 bits per heavy atom. The van der Waals surface area contributed by atoms with Crippen molar-refractivity contribution in [2.24, 2.45) is 0 Å². The van der Waals surface area contributed by atoms with Gasteiger partial charge in [-0.2, -0.15) is 0 Å². The molecule has 1 fully saturated rings. The molecular formula is C16H22N2O2. The SMILES string of the molecule is CC(=O)N(C(=O)NC1CCCCC1)c1ccccc1C. The van der Waals surface area contributed by atoms with Gasteiger partial charge in [-0.05, 0) is 31.4 Å². The number of hydrogen-bond donors (Lipinski definition) is 1. The van der Waals surface area contributed by atoms with Crippen molar-refractivity contribution in [2.75, 3.05) is 4.90 Å². The number of rotatable bonds is 2. The second-order valence-electron chi connectivity index (χ2n) is 5.43. The third kappa shape index (κ3) is 3.38. The van der Waals surface area contributed by atoms with Gasteiger partial charge in [-0.25, -0.2) is 9.69 Å². The lowest BCUT2D eigenvalue weighted by molar-refractivity contribution is -0.115. The van der Waals surface area contributed by atoms with Crippen molar-refractivity contribution in [2.45, 2.75) is 52.0 Å². The number of carbonyl (C=O) groups excluding carboxylic acids is 2. The predicted octanol–water partition coefficient (Wildman–Crippen LogP) is 3.39. The quantitative estimate of drug-likeness (QED) is 0.898. The lowest BCUT2D eigenvalue weighted by Crippen LogP contribution is -2.47. The summed E-state index contributed by atoms with van der Waals surface area (Å²) in [5, 5.41) is 2.99. The standard InChI is InChI=1S/C16H22N2O2/c1-12-8-6-7-11-15(12)18(13(2)19)16(20)17-14-9-4-3-5-10-14/h6-8,11,14H,3-5,9-10H2,1-2H3,(H,17,20). The number of hydrogen-bond acceptors (Lipinski definition) is 2. The van der Waals surface area contributed by atoms with Gasteiger partial charge in [0.1, 0.15) is 0 Å². The average molecular weight is 274 g/mol. The zero-order valence-electron chi connectivity index (χ0n) is 12.2. The number of carbonyl (C=O) groups is 2. The first kappa shape index (κ1) is 14.6. The lowest BCUT2D eigenvalue weighted by Gasteiger charge is -2.27. The molecule has 1 N–H and O–H groups in total. The van der Waals surface area contributed by atoms with Crippen LogP contribution in [0, 0.1) is 6.92 Å². The monoisotopic (exact) mass is 274 g/mol. The minimum Gasteiger partial charge on any atom is -0.335 e. The van der Waals surface area contributed by atoms with E-state index in [4.69, 9.17) is 0 Å². The summed E-state index contributed by atoms with van der Waals surface area (Å²) in [7, 11) is 0. The number of aryl methyl sites for hydroxylation is 1. The van der Waals surface area contributed by atoms with Crippen LogP contribution >= 0.6 is 0 Å². The van der Waals surface area contributed by atoms with Gasteiger partial charge in [-0.1, -0.05) is 37.5 Å². The fourth-order valence-electron chi connectivity index (χ4n) is 2.72. The second-order valence-corrected chi connectivity index (χ2v) is 5.43. The molecule has 1 saturated carbocycles. The zero-order valence-corrected chi connectivity index (χ0v) is 12.2. The van der Waals surface area contributed by atoms with Crippen molar-refractivity contribution in [1.82, 2.24) is 5.32 Å². The Hall–Kier alpha value is -1.84. The molecule has 0 heterocycles. The Kier molecular flexibility index (Phi) is 4.77. The van der Waals surface area contributed by atoms with Crippen LogP contribution in [0.25, 0.3) is 0 Å². The summed E-state index contributed by atoms with van der Waals surface area (Å²) in [6, 6.07) is 7.33. The normalized spacial score (nSPS) is 15.7. The van der Waals surface area contributed by atoms with Gasteiger partial charge in [0.05, 0.1) is 5.69 Å². The van der Waals surface area contributed by atoms with E-state index in [-0.39, 0.29) is 18.0 Å². The Morgan fingerprint density at radius 2 is 1.80 bits per heavy atom. The number of urea groups is 1. The van der Waals surface area contributed by atoms with E-state index in [0.29, 0.717) is 5.69 Å². The third-order valence-electron chi connectivity index (χ3n) is 3.81. The number of para-hydroxylation sites is 1. The van der Waals surface area contributed by atoms with Gasteiger partial charge in [-0.3, -0.25) is 4.79 Å². The van der Waals surface area contributed by atoms with Crippen LogP contribution in [-0.2, 0) is 4.79 Å². The molecule has 0 saturated heterocycles. The van der Waals surface area contributed by atoms with Crippen molar-refractivity contribution in [1.29, 1.82) is 0 Å². The largest absolute Gasteiger partial charge is 0.335 e. The first-order chi connectivity index (χ1) is 9.59. The van der Waals surface area contributed by atoms with Gasteiger partial charge >= 0.3 is 6.03 Å². The van der Waals surface area contributed by atoms with Crippen LogP contribution in [0.15, 0.2) is 24.3 Å². The third-order valence-corrected chi connectivity index (χ3v) is 3.81. The molecule has 20 heavy (non-hydrogen) atoms. The van der Waals surface area contributed by atoms with Crippen LogP contribution in [0.5, 0.6) is 0 Å². The maximum atomic E-state index is 12.4. The van der Waals surface area contributed by atoms with Gasteiger partial charge in [0.15, 0.2) is 0 Å². The second kappa shape index (κ2) is 6.55. The molecule has 4 heteroatoms. The van der Waals surface area contributed by atoms with Crippen LogP contribution in [0.3, 0.4) is 0 Å². The summed E-state index contributed by atoms with van der Waals surface area (Å²) >= 11 is 0. The molecule has 1 aliphatic carbocycles. The highest BCUT2D eigenvalue weighted by atomic mass is 16.2. The van der Waals surface area contributed by atoms with E-state index in [1.54, 1.807) is 6.07 Å². The van der Waals surface area contributed by atoms with Crippen molar-refractivity contribution in [3.05, 3.63) is 29.8 Å². The van der Waals surface area contributed by atoms with E-state index in [9.17, 15) is 9.59 Å². The molecule has 0 unspecified atom stereocenters. The highest BCUT2D eigenvalue weighted by Crippen LogP contribution is 2.21. The molecule has 0 aromatic heterocycles.